The van der Waals surface area contributed by atoms with Crippen molar-refractivity contribution in [2.45, 2.75) is 25.3 Å². The monoisotopic (exact) mass is 347 g/mol. The van der Waals surface area contributed by atoms with Gasteiger partial charge in [-0.25, -0.2) is 4.98 Å². The van der Waals surface area contributed by atoms with E-state index in [1.165, 1.54) is 24.1 Å². The summed E-state index contributed by atoms with van der Waals surface area (Å²) in [5, 5.41) is 0. The summed E-state index contributed by atoms with van der Waals surface area (Å²) in [6.45, 7) is 3.19. The molecule has 0 radical (unpaired) electrons. The molecule has 2 heterocycles. The van der Waals surface area contributed by atoms with Gasteiger partial charge in [-0.1, -0.05) is 42.5 Å². The van der Waals surface area contributed by atoms with Crippen molar-refractivity contribution in [3.8, 4) is 17.1 Å². The average Bonchev–Trinajstić information content (AvgIpc) is 3.18. The number of rotatable bonds is 5. The van der Waals surface area contributed by atoms with Crippen molar-refractivity contribution in [1.82, 2.24) is 14.9 Å². The summed E-state index contributed by atoms with van der Waals surface area (Å²) in [5.74, 6) is 2.45. The molecule has 1 aliphatic rings. The van der Waals surface area contributed by atoms with E-state index >= 15 is 0 Å². The van der Waals surface area contributed by atoms with E-state index in [0.717, 1.165) is 36.8 Å². The quantitative estimate of drug-likeness (QED) is 0.740. The summed E-state index contributed by atoms with van der Waals surface area (Å²) in [6.07, 6.45) is 4.40. The molecule has 0 bridgehead atoms. The first-order valence-electron chi connectivity index (χ1n) is 9.27. The number of benzene rings is 2. The maximum absolute atomic E-state index is 5.30. The lowest BCUT2D eigenvalue weighted by atomic mass is 9.89. The molecular weight excluding hydrogens is 322 g/mol. The number of hydrogen-bond donors (Lipinski definition) is 1. The van der Waals surface area contributed by atoms with Crippen LogP contribution in [0.15, 0.2) is 60.8 Å². The van der Waals surface area contributed by atoms with E-state index in [1.54, 1.807) is 7.11 Å². The molecule has 4 heteroatoms. The lowest BCUT2D eigenvalue weighted by Gasteiger charge is -2.31. The molecule has 0 unspecified atom stereocenters. The van der Waals surface area contributed by atoms with E-state index in [0.29, 0.717) is 5.92 Å². The van der Waals surface area contributed by atoms with Crippen LogP contribution in [0.25, 0.3) is 11.4 Å². The summed E-state index contributed by atoms with van der Waals surface area (Å²) in [4.78, 5) is 10.5. The zero-order valence-corrected chi connectivity index (χ0v) is 15.2. The van der Waals surface area contributed by atoms with Crippen molar-refractivity contribution in [2.24, 2.45) is 0 Å². The Bertz CT molecular complexity index is 835. The second-order valence-electron chi connectivity index (χ2n) is 6.95. The van der Waals surface area contributed by atoms with Crippen molar-refractivity contribution >= 4 is 0 Å². The summed E-state index contributed by atoms with van der Waals surface area (Å²) in [7, 11) is 1.69. The molecular formula is C22H25N3O. The summed E-state index contributed by atoms with van der Waals surface area (Å²) < 4.78 is 5.30. The molecule has 0 atom stereocenters. The van der Waals surface area contributed by atoms with Crippen LogP contribution in [-0.4, -0.2) is 35.1 Å². The van der Waals surface area contributed by atoms with Crippen molar-refractivity contribution in [3.63, 3.8) is 0 Å². The fourth-order valence-electron chi connectivity index (χ4n) is 3.75. The summed E-state index contributed by atoms with van der Waals surface area (Å²) in [5.41, 5.74) is 3.70. The highest BCUT2D eigenvalue weighted by Gasteiger charge is 2.21. The number of piperidine rings is 1. The second kappa shape index (κ2) is 7.75. The summed E-state index contributed by atoms with van der Waals surface area (Å²) in [6, 6.07) is 18.9. The minimum atomic E-state index is 0.696. The van der Waals surface area contributed by atoms with Gasteiger partial charge in [0.1, 0.15) is 11.6 Å². The third kappa shape index (κ3) is 3.81. The molecule has 134 valence electrons. The Hall–Kier alpha value is -2.59. The van der Waals surface area contributed by atoms with E-state index in [-0.39, 0.29) is 0 Å². The van der Waals surface area contributed by atoms with Gasteiger partial charge >= 0.3 is 0 Å². The minimum absolute atomic E-state index is 0.696. The second-order valence-corrected chi connectivity index (χ2v) is 6.95. The fraction of sp³-hybridized carbons (Fsp3) is 0.318. The number of imidazole rings is 1. The zero-order valence-electron chi connectivity index (χ0n) is 15.2. The van der Waals surface area contributed by atoms with E-state index in [9.17, 15) is 0 Å². The largest absolute Gasteiger partial charge is 0.497 e. The number of hydrogen-bond acceptors (Lipinski definition) is 3. The van der Waals surface area contributed by atoms with E-state index in [2.05, 4.69) is 51.3 Å². The first-order valence-corrected chi connectivity index (χ1v) is 9.27. The Kier molecular flexibility index (Phi) is 5.02. The van der Waals surface area contributed by atoms with Gasteiger partial charge in [0.2, 0.25) is 0 Å². The van der Waals surface area contributed by atoms with Gasteiger partial charge < -0.3 is 9.72 Å². The minimum Gasteiger partial charge on any atom is -0.497 e. The topological polar surface area (TPSA) is 41.1 Å². The number of aromatic nitrogens is 2. The maximum atomic E-state index is 5.30. The van der Waals surface area contributed by atoms with Gasteiger partial charge in [-0.2, -0.15) is 0 Å². The van der Waals surface area contributed by atoms with Crippen LogP contribution in [0.1, 0.15) is 30.0 Å². The van der Waals surface area contributed by atoms with Crippen LogP contribution in [-0.2, 0) is 6.54 Å². The Morgan fingerprint density at radius 3 is 2.65 bits per heavy atom. The molecule has 4 nitrogen and oxygen atoms in total. The van der Waals surface area contributed by atoms with Gasteiger partial charge in [0, 0.05) is 24.0 Å². The molecule has 1 fully saturated rings. The number of nitrogens with one attached hydrogen (secondary N) is 1. The van der Waals surface area contributed by atoms with Crippen molar-refractivity contribution in [1.29, 1.82) is 0 Å². The Labute approximate surface area is 154 Å². The van der Waals surface area contributed by atoms with Crippen LogP contribution in [0.5, 0.6) is 5.75 Å². The molecule has 1 aromatic heterocycles. The van der Waals surface area contributed by atoms with Crippen molar-refractivity contribution in [2.75, 3.05) is 20.2 Å². The lowest BCUT2D eigenvalue weighted by Crippen LogP contribution is -2.32. The Balaban J connectivity index is 1.36. The summed E-state index contributed by atoms with van der Waals surface area (Å²) >= 11 is 0. The van der Waals surface area contributed by atoms with Gasteiger partial charge in [-0.3, -0.25) is 4.90 Å². The number of H-pyrrole nitrogens is 1. The molecule has 26 heavy (non-hydrogen) atoms. The highest BCUT2D eigenvalue weighted by atomic mass is 16.5. The first-order chi connectivity index (χ1) is 12.8. The van der Waals surface area contributed by atoms with Crippen molar-refractivity contribution < 1.29 is 4.74 Å². The zero-order chi connectivity index (χ0) is 17.8. The number of methoxy groups -OCH3 is 1. The molecule has 0 spiro atoms. The van der Waals surface area contributed by atoms with Gasteiger partial charge in [-0.15, -0.1) is 0 Å². The highest BCUT2D eigenvalue weighted by molar-refractivity contribution is 5.57. The number of ether oxygens (including phenoxy) is 1. The lowest BCUT2D eigenvalue weighted by molar-refractivity contribution is 0.203. The molecule has 1 N–H and O–H groups in total. The predicted octanol–water partition coefficient (Wildman–Crippen LogP) is 4.46. The fourth-order valence-corrected chi connectivity index (χ4v) is 3.75. The van der Waals surface area contributed by atoms with Gasteiger partial charge in [0.05, 0.1) is 7.11 Å². The number of aromatic amines is 1. The first kappa shape index (κ1) is 16.9. The SMILES string of the molecule is COc1cccc(-c2ncc(CN3CCC(c4ccccc4)CC3)[nH]2)c1. The van der Waals surface area contributed by atoms with Crippen LogP contribution < -0.4 is 4.74 Å². The smallest absolute Gasteiger partial charge is 0.137 e. The molecule has 0 saturated carbocycles. The number of nitrogens with zero attached hydrogens (tertiary/aromatic N) is 2. The van der Waals surface area contributed by atoms with Gasteiger partial charge in [0.15, 0.2) is 0 Å². The molecule has 0 aliphatic carbocycles. The molecule has 2 aromatic carbocycles. The molecule has 0 amide bonds. The third-order valence-corrected chi connectivity index (χ3v) is 5.22. The molecule has 4 rings (SSSR count). The molecule has 3 aromatic rings. The van der Waals surface area contributed by atoms with Gasteiger partial charge in [-0.05, 0) is 49.5 Å². The molecule has 1 saturated heterocycles. The van der Waals surface area contributed by atoms with Crippen LogP contribution in [0.4, 0.5) is 0 Å². The van der Waals surface area contributed by atoms with Crippen LogP contribution in [0, 0.1) is 0 Å². The van der Waals surface area contributed by atoms with Crippen LogP contribution in [0.2, 0.25) is 0 Å². The van der Waals surface area contributed by atoms with E-state index in [1.807, 2.05) is 24.4 Å². The standard InChI is InChI=1S/C22H25N3O/c1-26-21-9-5-8-19(14-21)22-23-15-20(24-22)16-25-12-10-18(11-13-25)17-6-3-2-4-7-17/h2-9,14-15,18H,10-13,16H2,1H3,(H,23,24). The average molecular weight is 347 g/mol. The Morgan fingerprint density at radius 1 is 1.08 bits per heavy atom. The highest BCUT2D eigenvalue weighted by Crippen LogP contribution is 2.28. The Morgan fingerprint density at radius 2 is 1.88 bits per heavy atom. The third-order valence-electron chi connectivity index (χ3n) is 5.22. The van der Waals surface area contributed by atoms with Crippen molar-refractivity contribution in [3.05, 3.63) is 72.1 Å². The van der Waals surface area contributed by atoms with E-state index < -0.39 is 0 Å². The van der Waals surface area contributed by atoms with E-state index in [4.69, 9.17) is 4.74 Å². The normalized spacial score (nSPS) is 15.9. The number of likely N-dealkylation sites (tertiary alicyclic amines) is 1. The van der Waals surface area contributed by atoms with Crippen LogP contribution >= 0.6 is 0 Å². The van der Waals surface area contributed by atoms with Crippen LogP contribution in [0.3, 0.4) is 0 Å². The predicted molar refractivity (Wildman–Crippen MR) is 104 cm³/mol. The maximum Gasteiger partial charge on any atom is 0.137 e. The molecule has 1 aliphatic heterocycles. The van der Waals surface area contributed by atoms with Gasteiger partial charge in [0.25, 0.3) is 0 Å².